The van der Waals surface area contributed by atoms with Crippen LogP contribution in [-0.2, 0) is 9.05 Å². The van der Waals surface area contributed by atoms with Gasteiger partial charge in [0.2, 0.25) is 0 Å². The molecule has 1 aliphatic heterocycles. The van der Waals surface area contributed by atoms with Crippen molar-refractivity contribution < 1.29 is 13.2 Å². The van der Waals surface area contributed by atoms with Crippen LogP contribution in [0, 0.1) is 12.8 Å². The summed E-state index contributed by atoms with van der Waals surface area (Å²) in [6.07, 6.45) is 1.91. The Hall–Kier alpha value is -0.780. The summed E-state index contributed by atoms with van der Waals surface area (Å²) < 4.78 is 23.1. The summed E-state index contributed by atoms with van der Waals surface area (Å²) in [5.74, 6) is 0.433. The summed E-state index contributed by atoms with van der Waals surface area (Å²) in [5, 5.41) is 0.0637. The number of nitrogens with zero attached hydrogens (tertiary/aromatic N) is 1. The van der Waals surface area contributed by atoms with E-state index in [0.717, 1.165) is 12.8 Å². The molecule has 0 aromatic heterocycles. The topological polar surface area (TPSA) is 54.5 Å². The van der Waals surface area contributed by atoms with Crippen molar-refractivity contribution in [2.75, 3.05) is 13.1 Å². The van der Waals surface area contributed by atoms with E-state index < -0.39 is 9.05 Å². The fraction of sp³-hybridized carbons (Fsp3) is 0.500. The first kappa shape index (κ1) is 16.6. The maximum atomic E-state index is 12.5. The van der Waals surface area contributed by atoms with E-state index in [4.69, 9.17) is 22.3 Å². The Morgan fingerprint density at radius 2 is 1.86 bits per heavy atom. The molecule has 1 amide bonds. The molecule has 1 aromatic carbocycles. The normalized spacial score (nSPS) is 17.0. The molecule has 1 heterocycles. The van der Waals surface area contributed by atoms with Crippen LogP contribution >= 0.6 is 22.3 Å². The number of hydrogen-bond acceptors (Lipinski definition) is 3. The summed E-state index contributed by atoms with van der Waals surface area (Å²) in [6, 6.07) is 2.87. The molecule has 0 radical (unpaired) electrons. The number of aryl methyl sites for hydroxylation is 1. The van der Waals surface area contributed by atoms with Crippen molar-refractivity contribution in [3.63, 3.8) is 0 Å². The molecule has 2 rings (SSSR count). The third-order valence-electron chi connectivity index (χ3n) is 3.80. The summed E-state index contributed by atoms with van der Waals surface area (Å²) in [7, 11) is 1.40. The Labute approximate surface area is 134 Å². The second-order valence-electron chi connectivity index (χ2n) is 5.52. The van der Waals surface area contributed by atoms with Crippen molar-refractivity contribution in [2.45, 2.75) is 31.6 Å². The van der Waals surface area contributed by atoms with Gasteiger partial charge < -0.3 is 4.90 Å². The van der Waals surface area contributed by atoms with Crippen LogP contribution in [0.3, 0.4) is 0 Å². The maximum absolute atomic E-state index is 12.5. The highest BCUT2D eigenvalue weighted by Crippen LogP contribution is 2.30. The van der Waals surface area contributed by atoms with Gasteiger partial charge in [-0.1, -0.05) is 18.5 Å². The fourth-order valence-corrected chi connectivity index (χ4v) is 3.97. The average Bonchev–Trinajstić information content (AvgIpc) is 2.40. The first-order valence-corrected chi connectivity index (χ1v) is 9.43. The molecule has 1 aliphatic rings. The molecular formula is C14H17Cl2NO3S. The number of likely N-dealkylation sites (tertiary alicyclic amines) is 1. The smallest absolute Gasteiger partial charge is 0.262 e. The van der Waals surface area contributed by atoms with E-state index in [1.165, 1.54) is 6.07 Å². The molecule has 1 aromatic rings. The summed E-state index contributed by atoms with van der Waals surface area (Å²) in [4.78, 5) is 14.0. The predicted octanol–water partition coefficient (Wildman–Crippen LogP) is 3.45. The Bertz CT molecular complexity index is 665. The molecule has 0 atom stereocenters. The van der Waals surface area contributed by atoms with E-state index in [9.17, 15) is 13.2 Å². The number of hydrogen-bond donors (Lipinski definition) is 0. The van der Waals surface area contributed by atoms with Gasteiger partial charge in [-0.15, -0.1) is 0 Å². The molecule has 116 valence electrons. The van der Waals surface area contributed by atoms with Crippen LogP contribution in [0.1, 0.15) is 35.7 Å². The molecular weight excluding hydrogens is 333 g/mol. The zero-order chi connectivity index (χ0) is 15.8. The van der Waals surface area contributed by atoms with Crippen LogP contribution in [0.15, 0.2) is 17.0 Å². The zero-order valence-electron chi connectivity index (χ0n) is 11.9. The van der Waals surface area contributed by atoms with E-state index in [-0.39, 0.29) is 15.8 Å². The Morgan fingerprint density at radius 1 is 1.29 bits per heavy atom. The highest BCUT2D eigenvalue weighted by atomic mass is 35.7. The lowest BCUT2D eigenvalue weighted by molar-refractivity contribution is 0.0697. The monoisotopic (exact) mass is 349 g/mol. The third-order valence-corrected chi connectivity index (χ3v) is 5.76. The van der Waals surface area contributed by atoms with Gasteiger partial charge >= 0.3 is 0 Å². The van der Waals surface area contributed by atoms with Gasteiger partial charge in [0.15, 0.2) is 0 Å². The van der Waals surface area contributed by atoms with E-state index in [1.54, 1.807) is 17.9 Å². The minimum absolute atomic E-state index is 0.0637. The second kappa shape index (κ2) is 6.15. The average molecular weight is 350 g/mol. The molecule has 7 heteroatoms. The number of carbonyl (C=O) groups is 1. The van der Waals surface area contributed by atoms with Gasteiger partial charge in [0.25, 0.3) is 15.0 Å². The van der Waals surface area contributed by atoms with Crippen molar-refractivity contribution in [2.24, 2.45) is 5.92 Å². The molecule has 21 heavy (non-hydrogen) atoms. The molecule has 0 spiro atoms. The highest BCUT2D eigenvalue weighted by Gasteiger charge is 2.25. The zero-order valence-corrected chi connectivity index (χ0v) is 14.2. The van der Waals surface area contributed by atoms with Gasteiger partial charge in [-0.2, -0.15) is 0 Å². The van der Waals surface area contributed by atoms with Crippen molar-refractivity contribution in [1.82, 2.24) is 4.90 Å². The van der Waals surface area contributed by atoms with Crippen molar-refractivity contribution in [1.29, 1.82) is 0 Å². The third kappa shape index (κ3) is 3.71. The van der Waals surface area contributed by atoms with Gasteiger partial charge in [0.05, 0.1) is 5.02 Å². The quantitative estimate of drug-likeness (QED) is 0.768. The largest absolute Gasteiger partial charge is 0.339 e. The van der Waals surface area contributed by atoms with Crippen LogP contribution in [0.2, 0.25) is 5.02 Å². The van der Waals surface area contributed by atoms with Gasteiger partial charge in [-0.25, -0.2) is 8.42 Å². The molecule has 0 unspecified atom stereocenters. The van der Waals surface area contributed by atoms with Crippen LogP contribution in [0.25, 0.3) is 0 Å². The number of halogens is 2. The Kier molecular flexibility index (Phi) is 4.85. The molecule has 0 bridgehead atoms. The standard InChI is InChI=1S/C14H17Cl2NO3S/c1-9-3-5-17(6-4-9)14(18)11-7-10(2)13(15)12(8-11)21(16,19)20/h7-9H,3-6H2,1-2H3. The lowest BCUT2D eigenvalue weighted by Gasteiger charge is -2.30. The lowest BCUT2D eigenvalue weighted by atomic mass is 9.98. The molecule has 0 aliphatic carbocycles. The highest BCUT2D eigenvalue weighted by molar-refractivity contribution is 8.13. The molecule has 0 saturated carbocycles. The first-order valence-electron chi connectivity index (χ1n) is 6.74. The van der Waals surface area contributed by atoms with Crippen LogP contribution < -0.4 is 0 Å². The fourth-order valence-electron chi connectivity index (χ4n) is 2.43. The van der Waals surface area contributed by atoms with Crippen LogP contribution in [0.4, 0.5) is 0 Å². The number of carbonyl (C=O) groups excluding carboxylic acids is 1. The van der Waals surface area contributed by atoms with Crippen molar-refractivity contribution in [3.8, 4) is 0 Å². The van der Waals surface area contributed by atoms with Gasteiger partial charge in [-0.3, -0.25) is 4.79 Å². The second-order valence-corrected chi connectivity index (χ2v) is 8.43. The maximum Gasteiger partial charge on any atom is 0.262 e. The Balaban J connectivity index is 2.36. The van der Waals surface area contributed by atoms with E-state index in [1.807, 2.05) is 0 Å². The van der Waals surface area contributed by atoms with Crippen molar-refractivity contribution in [3.05, 3.63) is 28.3 Å². The van der Waals surface area contributed by atoms with Gasteiger partial charge in [0, 0.05) is 29.3 Å². The number of amides is 1. The SMILES string of the molecule is Cc1cc(C(=O)N2CCC(C)CC2)cc(S(=O)(=O)Cl)c1Cl. The van der Waals surface area contributed by atoms with Gasteiger partial charge in [-0.05, 0) is 43.4 Å². The molecule has 1 fully saturated rings. The predicted molar refractivity (Wildman–Crippen MR) is 83.5 cm³/mol. The van der Waals surface area contributed by atoms with Crippen molar-refractivity contribution >= 4 is 37.2 Å². The first-order chi connectivity index (χ1) is 9.70. The number of piperidine rings is 1. The van der Waals surface area contributed by atoms with Crippen LogP contribution in [-0.4, -0.2) is 32.3 Å². The van der Waals surface area contributed by atoms with E-state index in [2.05, 4.69) is 6.92 Å². The molecule has 0 N–H and O–H groups in total. The molecule has 4 nitrogen and oxygen atoms in total. The summed E-state index contributed by atoms with van der Waals surface area (Å²) in [6.45, 7) is 5.19. The number of rotatable bonds is 2. The van der Waals surface area contributed by atoms with E-state index in [0.29, 0.717) is 30.1 Å². The Morgan fingerprint density at radius 3 is 2.38 bits per heavy atom. The summed E-state index contributed by atoms with van der Waals surface area (Å²) >= 11 is 5.97. The minimum atomic E-state index is -3.98. The number of benzene rings is 1. The van der Waals surface area contributed by atoms with Crippen LogP contribution in [0.5, 0.6) is 0 Å². The molecule has 1 saturated heterocycles. The minimum Gasteiger partial charge on any atom is -0.339 e. The van der Waals surface area contributed by atoms with E-state index >= 15 is 0 Å². The van der Waals surface area contributed by atoms with Gasteiger partial charge in [0.1, 0.15) is 4.90 Å². The summed E-state index contributed by atoms with van der Waals surface area (Å²) in [5.41, 5.74) is 0.831. The lowest BCUT2D eigenvalue weighted by Crippen LogP contribution is -2.38.